The number of fused-ring (bicyclic) bond motifs is 3. The molecule has 0 bridgehead atoms. The van der Waals surface area contributed by atoms with E-state index in [9.17, 15) is 0 Å². The minimum atomic E-state index is -2.61. The third-order valence-electron chi connectivity index (χ3n) is 14.4. The van der Waals surface area contributed by atoms with Gasteiger partial charge in [-0.2, -0.15) is 0 Å². The Kier molecular flexibility index (Phi) is 14.2. The second-order valence-corrected chi connectivity index (χ2v) is 26.8. The fraction of sp³-hybridized carbons (Fsp3) is 0.328. The molecule has 6 aromatic rings. The fourth-order valence-electron chi connectivity index (χ4n) is 10.6. The molecule has 0 amide bonds. The number of benzene rings is 6. The van der Waals surface area contributed by atoms with Crippen LogP contribution in [0.25, 0.3) is 11.1 Å². The SMILES string of the molecule is Cc1cc2c(cc1CCCCC(C)(C)c1ccccc1)-c1cc(CCCCC(C)(C)c3ccccc3)c(C)cc1[CH]2[Zr](=[C](Cc1ccccc1)Cc1ccccc1)[CH]1C=CC=C1. The van der Waals surface area contributed by atoms with Gasteiger partial charge < -0.3 is 0 Å². The maximum absolute atomic E-state index is 2.68. The minimum absolute atomic E-state index is 0.185. The maximum atomic E-state index is 2.68. The van der Waals surface area contributed by atoms with Gasteiger partial charge >= 0.3 is 349 Å². The third kappa shape index (κ3) is 10.3. The standard InChI is InChI=1S/C41H49.C15H14.C5H5.Zr/c1-30-25-34-27-35-26-31(2)33(18-14-16-24-41(5,6)37-21-11-8-12-22-37)29-39(35)38(34)28-32(30)17-13-15-23-40(3,4)36-19-9-7-10-20-36;1-3-8-14(9-4-1)12-7-13-15-10-5-2-6-11-15;1-2-4-5-3-1;/h7-12,19-22,25-29H,13-18,23-24H2,1-6H3;1-6,8-11H,12-13H2;1-5H;. The van der Waals surface area contributed by atoms with Crippen molar-refractivity contribution in [3.8, 4) is 11.1 Å². The molecule has 0 saturated carbocycles. The van der Waals surface area contributed by atoms with E-state index in [0.29, 0.717) is 7.25 Å². The Labute approximate surface area is 382 Å². The Morgan fingerprint density at radius 3 is 1.27 bits per heavy atom. The van der Waals surface area contributed by atoms with E-state index in [2.05, 4.69) is 211 Å². The molecular weight excluding hydrogens is 824 g/mol. The summed E-state index contributed by atoms with van der Waals surface area (Å²) in [5.41, 5.74) is 18.5. The molecule has 0 heterocycles. The number of aryl methyl sites for hydroxylation is 4. The summed E-state index contributed by atoms with van der Waals surface area (Å²) in [6, 6.07) is 55.6. The van der Waals surface area contributed by atoms with Gasteiger partial charge in [0, 0.05) is 0 Å². The zero-order valence-electron chi connectivity index (χ0n) is 38.4. The summed E-state index contributed by atoms with van der Waals surface area (Å²) in [6.45, 7) is 14.5. The summed E-state index contributed by atoms with van der Waals surface area (Å²) >= 11 is -2.61. The van der Waals surface area contributed by atoms with Crippen LogP contribution in [0, 0.1) is 13.8 Å². The van der Waals surface area contributed by atoms with Crippen molar-refractivity contribution in [1.29, 1.82) is 0 Å². The van der Waals surface area contributed by atoms with Gasteiger partial charge in [-0.15, -0.1) is 0 Å². The van der Waals surface area contributed by atoms with Crippen LogP contribution in [0.2, 0.25) is 3.63 Å². The van der Waals surface area contributed by atoms with E-state index in [4.69, 9.17) is 0 Å². The summed E-state index contributed by atoms with van der Waals surface area (Å²) in [5.74, 6) is 0. The van der Waals surface area contributed by atoms with Gasteiger partial charge in [0.25, 0.3) is 0 Å². The van der Waals surface area contributed by atoms with E-state index in [0.717, 1.165) is 25.7 Å². The number of hydrogen-bond donors (Lipinski definition) is 0. The summed E-state index contributed by atoms with van der Waals surface area (Å²) in [5, 5.41) is 0. The van der Waals surface area contributed by atoms with Crippen LogP contribution >= 0.6 is 0 Å². The molecule has 0 atom stereocenters. The molecule has 0 aliphatic heterocycles. The molecule has 0 fully saturated rings. The molecule has 1 heteroatoms. The molecule has 316 valence electrons. The normalized spacial score (nSPS) is 13.7. The molecule has 0 radical (unpaired) electrons. The molecular formula is C61H68Zr. The van der Waals surface area contributed by atoms with Gasteiger partial charge in [-0.1, -0.05) is 36.4 Å². The van der Waals surface area contributed by atoms with E-state index < -0.39 is 21.3 Å². The Bertz CT molecular complexity index is 2350. The van der Waals surface area contributed by atoms with Crippen molar-refractivity contribution in [3.63, 3.8) is 0 Å². The molecule has 0 aromatic heterocycles. The summed E-state index contributed by atoms with van der Waals surface area (Å²) < 4.78 is 2.82. The van der Waals surface area contributed by atoms with Gasteiger partial charge in [0.1, 0.15) is 0 Å². The van der Waals surface area contributed by atoms with Gasteiger partial charge in [-0.25, -0.2) is 0 Å². The Balaban J connectivity index is 1.17. The van der Waals surface area contributed by atoms with Crippen LogP contribution in [0.4, 0.5) is 0 Å². The van der Waals surface area contributed by atoms with E-state index >= 15 is 0 Å². The van der Waals surface area contributed by atoms with E-state index in [-0.39, 0.29) is 10.8 Å². The van der Waals surface area contributed by atoms with E-state index in [1.54, 1.807) is 22.3 Å². The fourth-order valence-corrected chi connectivity index (χ4v) is 20.1. The molecule has 0 nitrogen and oxygen atoms in total. The molecule has 0 unspecified atom stereocenters. The molecule has 2 aliphatic rings. The van der Waals surface area contributed by atoms with Crippen molar-refractivity contribution >= 4 is 3.21 Å². The predicted octanol–water partition coefficient (Wildman–Crippen LogP) is 15.9. The second kappa shape index (κ2) is 19.9. The summed E-state index contributed by atoms with van der Waals surface area (Å²) in [7, 11) is 0. The second-order valence-electron chi connectivity index (χ2n) is 19.8. The molecule has 0 N–H and O–H groups in total. The first-order valence-electron chi connectivity index (χ1n) is 23.6. The topological polar surface area (TPSA) is 0 Å². The first-order valence-corrected chi connectivity index (χ1v) is 27.7. The van der Waals surface area contributed by atoms with Crippen molar-refractivity contribution in [1.82, 2.24) is 0 Å². The molecule has 8 rings (SSSR count). The zero-order chi connectivity index (χ0) is 43.1. The van der Waals surface area contributed by atoms with Crippen LogP contribution in [0.5, 0.6) is 0 Å². The molecule has 0 spiro atoms. The van der Waals surface area contributed by atoms with Gasteiger partial charge in [0.2, 0.25) is 0 Å². The van der Waals surface area contributed by atoms with Crippen molar-refractivity contribution in [3.05, 3.63) is 226 Å². The van der Waals surface area contributed by atoms with Crippen LogP contribution in [0.1, 0.15) is 125 Å². The van der Waals surface area contributed by atoms with E-state index in [1.807, 2.05) is 3.21 Å². The first-order chi connectivity index (χ1) is 30.1. The van der Waals surface area contributed by atoms with Crippen LogP contribution in [0.15, 0.2) is 170 Å². The van der Waals surface area contributed by atoms with Crippen molar-refractivity contribution < 1.29 is 21.3 Å². The summed E-state index contributed by atoms with van der Waals surface area (Å²) in [4.78, 5) is 0. The summed E-state index contributed by atoms with van der Waals surface area (Å²) in [6.07, 6.45) is 21.5. The third-order valence-corrected chi connectivity index (χ3v) is 23.0. The van der Waals surface area contributed by atoms with Crippen molar-refractivity contribution in [2.24, 2.45) is 0 Å². The zero-order valence-corrected chi connectivity index (χ0v) is 40.8. The van der Waals surface area contributed by atoms with Crippen molar-refractivity contribution in [2.75, 3.05) is 0 Å². The number of allylic oxidation sites excluding steroid dienone is 4. The average Bonchev–Trinajstić information content (AvgIpc) is 3.92. The van der Waals surface area contributed by atoms with Crippen LogP contribution in [0.3, 0.4) is 0 Å². The number of rotatable bonds is 18. The van der Waals surface area contributed by atoms with Gasteiger partial charge in [0.05, 0.1) is 0 Å². The number of hydrogen-bond acceptors (Lipinski definition) is 0. The molecule has 6 aromatic carbocycles. The van der Waals surface area contributed by atoms with Crippen LogP contribution in [-0.4, -0.2) is 3.21 Å². The Morgan fingerprint density at radius 1 is 0.484 bits per heavy atom. The predicted molar refractivity (Wildman–Crippen MR) is 265 cm³/mol. The van der Waals surface area contributed by atoms with Gasteiger partial charge in [-0.3, -0.25) is 0 Å². The van der Waals surface area contributed by atoms with Gasteiger partial charge in [-0.05, 0) is 0 Å². The Morgan fingerprint density at radius 2 is 0.871 bits per heavy atom. The Hall–Kier alpha value is -4.45. The number of unbranched alkanes of at least 4 members (excludes halogenated alkanes) is 2. The quantitative estimate of drug-likeness (QED) is 0.0754. The van der Waals surface area contributed by atoms with Crippen LogP contribution < -0.4 is 0 Å². The molecule has 62 heavy (non-hydrogen) atoms. The average molecular weight is 892 g/mol. The first kappa shape index (κ1) is 44.2. The van der Waals surface area contributed by atoms with Crippen LogP contribution in [-0.2, 0) is 57.8 Å². The molecule has 0 saturated heterocycles. The van der Waals surface area contributed by atoms with E-state index in [1.165, 1.54) is 83.0 Å². The van der Waals surface area contributed by atoms with Crippen molar-refractivity contribution in [2.45, 2.75) is 124 Å². The molecule has 2 aliphatic carbocycles. The van der Waals surface area contributed by atoms with Gasteiger partial charge in [0.15, 0.2) is 0 Å². The monoisotopic (exact) mass is 890 g/mol.